The number of para-hydroxylation sites is 2. The van der Waals surface area contributed by atoms with Gasteiger partial charge in [-0.25, -0.2) is 4.98 Å². The third-order valence-corrected chi connectivity index (χ3v) is 5.24. The predicted octanol–water partition coefficient (Wildman–Crippen LogP) is 3.29. The third-order valence-electron chi connectivity index (χ3n) is 5.24. The minimum Gasteiger partial charge on any atom is -0.448 e. The van der Waals surface area contributed by atoms with Crippen molar-refractivity contribution in [2.24, 2.45) is 0 Å². The summed E-state index contributed by atoms with van der Waals surface area (Å²) in [6, 6.07) is 14.6. The minimum absolute atomic E-state index is 0.126. The van der Waals surface area contributed by atoms with E-state index in [1.807, 2.05) is 42.5 Å². The van der Waals surface area contributed by atoms with E-state index in [4.69, 9.17) is 4.42 Å². The first-order chi connectivity index (χ1) is 13.1. The van der Waals surface area contributed by atoms with Crippen LogP contribution in [0.2, 0.25) is 0 Å². The number of amides is 1. The van der Waals surface area contributed by atoms with Crippen molar-refractivity contribution in [2.45, 2.75) is 19.4 Å². The van der Waals surface area contributed by atoms with Gasteiger partial charge < -0.3 is 9.32 Å². The van der Waals surface area contributed by atoms with Gasteiger partial charge in [-0.15, -0.1) is 0 Å². The standard InChI is InChI=1S/C21H17N3O3/c1-13(20(25)23-11-10-14-6-2-4-8-16(14)23)24-12-22-18-15-7-3-5-9-17(15)27-19(18)21(24)26/h2-9,12-13H,10-11H2,1H3. The van der Waals surface area contributed by atoms with Crippen molar-refractivity contribution in [1.82, 2.24) is 9.55 Å². The van der Waals surface area contributed by atoms with Crippen molar-refractivity contribution in [2.75, 3.05) is 11.4 Å². The maximum atomic E-state index is 13.1. The first-order valence-corrected chi connectivity index (χ1v) is 8.93. The van der Waals surface area contributed by atoms with E-state index in [2.05, 4.69) is 4.98 Å². The van der Waals surface area contributed by atoms with Crippen LogP contribution in [0.15, 0.2) is 64.1 Å². The number of nitrogens with zero attached hydrogens (tertiary/aromatic N) is 3. The predicted molar refractivity (Wildman–Crippen MR) is 103 cm³/mol. The molecular weight excluding hydrogens is 342 g/mol. The number of anilines is 1. The Kier molecular flexibility index (Phi) is 3.40. The second-order valence-electron chi connectivity index (χ2n) is 6.78. The molecule has 0 fully saturated rings. The monoisotopic (exact) mass is 359 g/mol. The van der Waals surface area contributed by atoms with Crippen LogP contribution in [0.5, 0.6) is 0 Å². The fourth-order valence-electron chi connectivity index (χ4n) is 3.78. The summed E-state index contributed by atoms with van der Waals surface area (Å²) in [5.74, 6) is -0.126. The zero-order chi connectivity index (χ0) is 18.5. The van der Waals surface area contributed by atoms with Gasteiger partial charge in [0.05, 0.1) is 6.33 Å². The van der Waals surface area contributed by atoms with E-state index in [9.17, 15) is 9.59 Å². The molecule has 2 aromatic carbocycles. The molecule has 1 unspecified atom stereocenters. The van der Waals surface area contributed by atoms with Gasteiger partial charge in [-0.3, -0.25) is 14.2 Å². The van der Waals surface area contributed by atoms with Crippen LogP contribution in [0.3, 0.4) is 0 Å². The van der Waals surface area contributed by atoms with Gasteiger partial charge in [0.2, 0.25) is 11.5 Å². The lowest BCUT2D eigenvalue weighted by Crippen LogP contribution is -2.38. The highest BCUT2D eigenvalue weighted by Crippen LogP contribution is 2.30. The fraction of sp³-hybridized carbons (Fsp3) is 0.190. The first kappa shape index (κ1) is 15.8. The summed E-state index contributed by atoms with van der Waals surface area (Å²) in [7, 11) is 0. The maximum absolute atomic E-state index is 13.1. The van der Waals surface area contributed by atoms with Gasteiger partial charge in [-0.05, 0) is 37.1 Å². The highest BCUT2D eigenvalue weighted by atomic mass is 16.3. The number of benzene rings is 2. The summed E-state index contributed by atoms with van der Waals surface area (Å²) >= 11 is 0. The van der Waals surface area contributed by atoms with Gasteiger partial charge in [-0.2, -0.15) is 0 Å². The quantitative estimate of drug-likeness (QED) is 0.551. The van der Waals surface area contributed by atoms with Gasteiger partial charge in [-0.1, -0.05) is 30.3 Å². The highest BCUT2D eigenvalue weighted by molar-refractivity contribution is 6.02. The van der Waals surface area contributed by atoms with Crippen LogP contribution in [0.25, 0.3) is 22.1 Å². The van der Waals surface area contributed by atoms with Crippen molar-refractivity contribution in [1.29, 1.82) is 0 Å². The molecule has 4 aromatic rings. The van der Waals surface area contributed by atoms with Crippen LogP contribution in [0, 0.1) is 0 Å². The molecule has 1 atom stereocenters. The smallest absolute Gasteiger partial charge is 0.297 e. The second-order valence-corrected chi connectivity index (χ2v) is 6.78. The molecule has 0 spiro atoms. The van der Waals surface area contributed by atoms with Crippen LogP contribution in [-0.4, -0.2) is 22.0 Å². The Bertz CT molecular complexity index is 1250. The minimum atomic E-state index is -0.672. The summed E-state index contributed by atoms with van der Waals surface area (Å²) in [5, 5.41) is 0.796. The summed E-state index contributed by atoms with van der Waals surface area (Å²) in [5.41, 5.74) is 3.04. The van der Waals surface area contributed by atoms with Crippen molar-refractivity contribution >= 4 is 33.7 Å². The Morgan fingerprint density at radius 3 is 2.81 bits per heavy atom. The van der Waals surface area contributed by atoms with Gasteiger partial charge in [0.15, 0.2) is 0 Å². The summed E-state index contributed by atoms with van der Waals surface area (Å²) < 4.78 is 7.07. The molecular formula is C21H17N3O3. The van der Waals surface area contributed by atoms with Gasteiger partial charge in [0, 0.05) is 17.6 Å². The number of fused-ring (bicyclic) bond motifs is 4. The Hall–Kier alpha value is -3.41. The van der Waals surface area contributed by atoms with Crippen LogP contribution < -0.4 is 10.5 Å². The van der Waals surface area contributed by atoms with Crippen molar-refractivity contribution in [3.05, 3.63) is 70.8 Å². The number of hydrogen-bond donors (Lipinski definition) is 0. The van der Waals surface area contributed by atoms with E-state index in [-0.39, 0.29) is 17.0 Å². The van der Waals surface area contributed by atoms with E-state index in [1.165, 1.54) is 10.9 Å². The molecule has 134 valence electrons. The Morgan fingerprint density at radius 1 is 1.15 bits per heavy atom. The molecule has 0 aliphatic carbocycles. The average Bonchev–Trinajstić information content (AvgIpc) is 3.29. The number of furan rings is 1. The topological polar surface area (TPSA) is 68.3 Å². The van der Waals surface area contributed by atoms with E-state index in [0.717, 1.165) is 23.1 Å². The zero-order valence-electron chi connectivity index (χ0n) is 14.8. The largest absolute Gasteiger partial charge is 0.448 e. The Morgan fingerprint density at radius 2 is 1.93 bits per heavy atom. The molecule has 2 aromatic heterocycles. The first-order valence-electron chi connectivity index (χ1n) is 8.93. The van der Waals surface area contributed by atoms with Gasteiger partial charge in [0.1, 0.15) is 17.1 Å². The molecule has 3 heterocycles. The van der Waals surface area contributed by atoms with E-state index >= 15 is 0 Å². The lowest BCUT2D eigenvalue weighted by Gasteiger charge is -2.22. The lowest BCUT2D eigenvalue weighted by atomic mass is 10.2. The summed E-state index contributed by atoms with van der Waals surface area (Å²) in [6.45, 7) is 2.35. The summed E-state index contributed by atoms with van der Waals surface area (Å²) in [4.78, 5) is 32.2. The normalized spacial score (nSPS) is 14.6. The molecule has 1 aliphatic heterocycles. The van der Waals surface area contributed by atoms with E-state index < -0.39 is 6.04 Å². The Labute approximate surface area is 154 Å². The van der Waals surface area contributed by atoms with Crippen molar-refractivity contribution < 1.29 is 9.21 Å². The van der Waals surface area contributed by atoms with Crippen LogP contribution in [-0.2, 0) is 11.2 Å². The molecule has 0 N–H and O–H groups in total. The molecule has 5 rings (SSSR count). The van der Waals surface area contributed by atoms with E-state index in [1.54, 1.807) is 17.9 Å². The van der Waals surface area contributed by atoms with E-state index in [0.29, 0.717) is 17.6 Å². The number of rotatable bonds is 2. The van der Waals surface area contributed by atoms with Gasteiger partial charge in [0.25, 0.3) is 5.56 Å². The number of aromatic nitrogens is 2. The fourth-order valence-corrected chi connectivity index (χ4v) is 3.78. The molecule has 0 saturated heterocycles. The second kappa shape index (κ2) is 5.81. The maximum Gasteiger partial charge on any atom is 0.297 e. The van der Waals surface area contributed by atoms with Crippen LogP contribution in [0.1, 0.15) is 18.5 Å². The molecule has 0 saturated carbocycles. The van der Waals surface area contributed by atoms with Crippen molar-refractivity contribution in [3.63, 3.8) is 0 Å². The Balaban J connectivity index is 1.57. The third kappa shape index (κ3) is 2.30. The van der Waals surface area contributed by atoms with Gasteiger partial charge >= 0.3 is 0 Å². The number of carbonyl (C=O) groups is 1. The molecule has 0 radical (unpaired) electrons. The SMILES string of the molecule is CC(C(=O)N1CCc2ccccc21)n1cnc2c(oc3ccccc32)c1=O. The zero-order valence-corrected chi connectivity index (χ0v) is 14.8. The molecule has 1 amide bonds. The lowest BCUT2D eigenvalue weighted by molar-refractivity contribution is -0.121. The molecule has 0 bridgehead atoms. The average molecular weight is 359 g/mol. The number of carbonyl (C=O) groups excluding carboxylic acids is 1. The van der Waals surface area contributed by atoms with Crippen LogP contribution in [0.4, 0.5) is 5.69 Å². The number of hydrogen-bond acceptors (Lipinski definition) is 4. The summed E-state index contributed by atoms with van der Waals surface area (Å²) in [6.07, 6.45) is 2.27. The molecule has 27 heavy (non-hydrogen) atoms. The van der Waals surface area contributed by atoms with Crippen molar-refractivity contribution in [3.8, 4) is 0 Å². The highest BCUT2D eigenvalue weighted by Gasteiger charge is 2.29. The molecule has 6 heteroatoms. The molecule has 6 nitrogen and oxygen atoms in total. The van der Waals surface area contributed by atoms with Crippen LogP contribution >= 0.6 is 0 Å². The molecule has 1 aliphatic rings.